The van der Waals surface area contributed by atoms with Gasteiger partial charge in [0.25, 0.3) is 17.7 Å². The molecular formula is C27H33N9O9. The Morgan fingerprint density at radius 2 is 1.09 bits per heavy atom. The van der Waals surface area contributed by atoms with E-state index < -0.39 is 28.4 Å². The van der Waals surface area contributed by atoms with Crippen LogP contribution in [-0.4, -0.2) is 82.2 Å². The summed E-state index contributed by atoms with van der Waals surface area (Å²) < 4.78 is 16.6. The van der Waals surface area contributed by atoms with Gasteiger partial charge >= 0.3 is 11.7 Å². The van der Waals surface area contributed by atoms with Crippen molar-refractivity contribution in [3.05, 3.63) is 63.6 Å². The van der Waals surface area contributed by atoms with Crippen molar-refractivity contribution in [2.24, 2.45) is 17.2 Å². The van der Waals surface area contributed by atoms with Crippen LogP contribution >= 0.6 is 0 Å². The van der Waals surface area contributed by atoms with Crippen LogP contribution in [0.25, 0.3) is 0 Å². The van der Waals surface area contributed by atoms with Crippen LogP contribution in [0, 0.1) is 10.1 Å². The van der Waals surface area contributed by atoms with Gasteiger partial charge in [-0.15, -0.1) is 0 Å². The molecule has 0 aliphatic heterocycles. The van der Waals surface area contributed by atoms with Gasteiger partial charge in [0, 0.05) is 6.07 Å². The number of anilines is 2. The first-order chi connectivity index (χ1) is 21.7. The maximum Gasteiger partial charge on any atom is 0.354 e. The monoisotopic (exact) mass is 627 g/mol. The second kappa shape index (κ2) is 17.0. The Balaban J connectivity index is 1.86. The number of hydrogen-bond donors (Lipinski definition) is 6. The first kappa shape index (κ1) is 34.0. The maximum atomic E-state index is 13.1. The highest BCUT2D eigenvalue weighted by atomic mass is 16.6. The van der Waals surface area contributed by atoms with Gasteiger partial charge < -0.3 is 47.2 Å². The Bertz CT molecular complexity index is 1520. The lowest BCUT2D eigenvalue weighted by Gasteiger charge is -2.14. The number of carbonyl (C=O) groups excluding carboxylic acids is 2. The molecule has 0 radical (unpaired) electrons. The molecule has 0 fully saturated rings. The van der Waals surface area contributed by atoms with Gasteiger partial charge in [-0.3, -0.25) is 19.7 Å². The van der Waals surface area contributed by atoms with Crippen LogP contribution in [-0.2, 0) is 0 Å². The highest BCUT2D eigenvalue weighted by molar-refractivity contribution is 6.06. The summed E-state index contributed by atoms with van der Waals surface area (Å²) in [6, 6.07) is 7.44. The summed E-state index contributed by atoms with van der Waals surface area (Å²) >= 11 is 0. The molecule has 0 bridgehead atoms. The fraction of sp³-hybridized carbons (Fsp3) is 0.333. The minimum absolute atomic E-state index is 0.0586. The third-order valence-corrected chi connectivity index (χ3v) is 5.70. The smallest absolute Gasteiger partial charge is 0.354 e. The summed E-state index contributed by atoms with van der Waals surface area (Å²) in [5.74, 6) is -3.36. The van der Waals surface area contributed by atoms with E-state index in [0.717, 1.165) is 12.1 Å². The third kappa shape index (κ3) is 9.78. The number of carbonyl (C=O) groups is 3. The average molecular weight is 628 g/mol. The Morgan fingerprint density at radius 3 is 1.53 bits per heavy atom. The van der Waals surface area contributed by atoms with Crippen LogP contribution in [0.4, 0.5) is 17.1 Å². The number of carboxylic acids is 1. The quantitative estimate of drug-likeness (QED) is 0.0655. The zero-order valence-electron chi connectivity index (χ0n) is 24.1. The highest BCUT2D eigenvalue weighted by Crippen LogP contribution is 2.28. The van der Waals surface area contributed by atoms with E-state index in [1.807, 2.05) is 0 Å². The van der Waals surface area contributed by atoms with E-state index >= 15 is 0 Å². The molecule has 0 saturated carbocycles. The number of carboxylic acid groups (broad SMARTS) is 1. The SMILES string of the molecule is NCCCOc1nc(C(=O)O)ccc1NC(=O)c1ccc(NC(=O)c2ccc([N+](=O)[O-])c(OCCCN)n2)c(OCCCN)n1. The topological polar surface area (TPSA) is 283 Å². The predicted octanol–water partition coefficient (Wildman–Crippen LogP) is 1.17. The molecule has 18 heteroatoms. The summed E-state index contributed by atoms with van der Waals surface area (Å²) in [4.78, 5) is 60.4. The average Bonchev–Trinajstić information content (AvgIpc) is 3.02. The van der Waals surface area contributed by atoms with Crippen LogP contribution < -0.4 is 42.0 Å². The van der Waals surface area contributed by atoms with Gasteiger partial charge in [0.05, 0.1) is 24.7 Å². The lowest BCUT2D eigenvalue weighted by molar-refractivity contribution is -0.386. The van der Waals surface area contributed by atoms with E-state index in [2.05, 4.69) is 25.6 Å². The van der Waals surface area contributed by atoms with Crippen molar-refractivity contribution in [3.63, 3.8) is 0 Å². The van der Waals surface area contributed by atoms with Gasteiger partial charge in [0.2, 0.25) is 11.8 Å². The number of aromatic carboxylic acids is 1. The van der Waals surface area contributed by atoms with Gasteiger partial charge in [-0.05, 0) is 69.2 Å². The summed E-state index contributed by atoms with van der Waals surface area (Å²) in [6.07, 6.45) is 1.31. The first-order valence-corrected chi connectivity index (χ1v) is 13.7. The fourth-order valence-electron chi connectivity index (χ4n) is 3.47. The van der Waals surface area contributed by atoms with Crippen molar-refractivity contribution < 1.29 is 38.6 Å². The number of nitrogens with one attached hydrogen (secondary N) is 2. The van der Waals surface area contributed by atoms with Gasteiger partial charge in [-0.25, -0.2) is 19.7 Å². The Labute approximate surface area is 256 Å². The molecule has 3 aromatic heterocycles. The number of rotatable bonds is 18. The van der Waals surface area contributed by atoms with Crippen molar-refractivity contribution in [2.45, 2.75) is 19.3 Å². The number of ether oxygens (including phenoxy) is 3. The Morgan fingerprint density at radius 1 is 0.689 bits per heavy atom. The second-order valence-corrected chi connectivity index (χ2v) is 9.06. The van der Waals surface area contributed by atoms with Gasteiger partial charge in [0.15, 0.2) is 5.69 Å². The number of pyridine rings is 3. The van der Waals surface area contributed by atoms with Crippen molar-refractivity contribution in [2.75, 3.05) is 50.1 Å². The number of hydrogen-bond acceptors (Lipinski definition) is 14. The van der Waals surface area contributed by atoms with Crippen molar-refractivity contribution in [3.8, 4) is 17.6 Å². The lowest BCUT2D eigenvalue weighted by Crippen LogP contribution is -2.19. The minimum atomic E-state index is -1.28. The third-order valence-electron chi connectivity index (χ3n) is 5.70. The fourth-order valence-corrected chi connectivity index (χ4v) is 3.47. The standard InChI is InChI=1S/C27H33N9O9/c28-10-1-13-43-24-18(31-23(38)17-8-9-21(36(41)42)26(34-17)45-15-3-12-30)5-4-16(33-24)22(37)32-19-6-7-20(27(39)40)35-25(19)44-14-2-11-29/h4-9H,1-3,10-15,28-30H2,(H,31,38)(H,32,37)(H,39,40). The second-order valence-electron chi connectivity index (χ2n) is 9.06. The number of amides is 2. The molecule has 0 unspecified atom stereocenters. The molecule has 0 atom stereocenters. The molecule has 18 nitrogen and oxygen atoms in total. The first-order valence-electron chi connectivity index (χ1n) is 13.7. The number of nitrogens with zero attached hydrogens (tertiary/aromatic N) is 4. The number of nitro groups is 1. The van der Waals surface area contributed by atoms with Crippen LogP contribution in [0.15, 0.2) is 36.4 Å². The Hall–Kier alpha value is -5.46. The van der Waals surface area contributed by atoms with E-state index in [4.69, 9.17) is 31.4 Å². The van der Waals surface area contributed by atoms with E-state index in [1.54, 1.807) is 0 Å². The van der Waals surface area contributed by atoms with Gasteiger partial charge in [-0.1, -0.05) is 0 Å². The van der Waals surface area contributed by atoms with Crippen molar-refractivity contribution >= 4 is 34.8 Å². The van der Waals surface area contributed by atoms with Gasteiger partial charge in [0.1, 0.15) is 22.8 Å². The minimum Gasteiger partial charge on any atom is -0.477 e. The summed E-state index contributed by atoms with van der Waals surface area (Å²) in [7, 11) is 0. The summed E-state index contributed by atoms with van der Waals surface area (Å²) in [5, 5.41) is 25.8. The Kier molecular flexibility index (Phi) is 12.9. The molecular weight excluding hydrogens is 594 g/mol. The van der Waals surface area contributed by atoms with Crippen molar-refractivity contribution in [1.29, 1.82) is 0 Å². The molecule has 0 spiro atoms. The van der Waals surface area contributed by atoms with E-state index in [9.17, 15) is 29.6 Å². The number of nitrogens with two attached hydrogens (primary N) is 3. The molecule has 3 aromatic rings. The van der Waals surface area contributed by atoms with Crippen molar-refractivity contribution in [1.82, 2.24) is 15.0 Å². The normalized spacial score (nSPS) is 10.6. The van der Waals surface area contributed by atoms with Crippen LogP contribution in [0.3, 0.4) is 0 Å². The molecule has 3 rings (SSSR count). The van der Waals surface area contributed by atoms with E-state index in [0.29, 0.717) is 38.9 Å². The van der Waals surface area contributed by atoms with E-state index in [-0.39, 0.29) is 65.9 Å². The zero-order valence-corrected chi connectivity index (χ0v) is 24.1. The molecule has 2 amide bonds. The van der Waals surface area contributed by atoms with Gasteiger partial charge in [-0.2, -0.15) is 0 Å². The molecule has 9 N–H and O–H groups in total. The predicted molar refractivity (Wildman–Crippen MR) is 160 cm³/mol. The summed E-state index contributed by atoms with van der Waals surface area (Å²) in [5.41, 5.74) is 15.6. The molecule has 45 heavy (non-hydrogen) atoms. The zero-order chi connectivity index (χ0) is 32.8. The molecule has 0 aliphatic carbocycles. The van der Waals surface area contributed by atoms with Crippen LogP contribution in [0.1, 0.15) is 50.7 Å². The van der Waals surface area contributed by atoms with Crippen LogP contribution in [0.5, 0.6) is 17.6 Å². The summed E-state index contributed by atoms with van der Waals surface area (Å²) in [6.45, 7) is 1.21. The molecule has 0 aliphatic rings. The molecule has 0 saturated heterocycles. The molecule has 240 valence electrons. The number of aromatic nitrogens is 3. The highest BCUT2D eigenvalue weighted by Gasteiger charge is 2.22. The van der Waals surface area contributed by atoms with E-state index in [1.165, 1.54) is 24.3 Å². The lowest BCUT2D eigenvalue weighted by atomic mass is 10.2. The maximum absolute atomic E-state index is 13.1. The molecule has 3 heterocycles. The largest absolute Gasteiger partial charge is 0.477 e. The molecule has 0 aromatic carbocycles. The van der Waals surface area contributed by atoms with Crippen LogP contribution in [0.2, 0.25) is 0 Å².